The van der Waals surface area contributed by atoms with Crippen molar-refractivity contribution in [2.45, 2.75) is 32.2 Å². The van der Waals surface area contributed by atoms with Gasteiger partial charge >= 0.3 is 0 Å². The summed E-state index contributed by atoms with van der Waals surface area (Å²) < 4.78 is 5.44. The van der Waals surface area contributed by atoms with Gasteiger partial charge in [-0.1, -0.05) is 18.9 Å². The second kappa shape index (κ2) is 7.30. The second-order valence-corrected chi connectivity index (χ2v) is 7.50. The number of amides is 1. The van der Waals surface area contributed by atoms with Crippen molar-refractivity contribution in [2.75, 3.05) is 44.3 Å². The average molecular weight is 344 g/mol. The highest BCUT2D eigenvalue weighted by molar-refractivity contribution is 5.84. The van der Waals surface area contributed by atoms with Gasteiger partial charge in [0.15, 0.2) is 0 Å². The third kappa shape index (κ3) is 3.25. The molecule has 2 N–H and O–H groups in total. The number of nitrogens with one attached hydrogen (secondary N) is 2. The molecule has 0 aromatic carbocycles. The molecule has 1 aromatic rings. The van der Waals surface area contributed by atoms with Gasteiger partial charge in [0.25, 0.3) is 0 Å². The Kier molecular flexibility index (Phi) is 4.90. The molecule has 3 fully saturated rings. The van der Waals surface area contributed by atoms with E-state index in [1.807, 2.05) is 12.3 Å². The lowest BCUT2D eigenvalue weighted by molar-refractivity contribution is -0.134. The molecule has 1 amide bonds. The molecule has 0 bridgehead atoms. The van der Waals surface area contributed by atoms with E-state index in [1.54, 1.807) is 0 Å². The quantitative estimate of drug-likeness (QED) is 0.862. The first kappa shape index (κ1) is 16.8. The van der Waals surface area contributed by atoms with Crippen LogP contribution in [0.2, 0.25) is 0 Å². The van der Waals surface area contributed by atoms with Crippen LogP contribution in [-0.2, 0) is 16.1 Å². The fourth-order valence-corrected chi connectivity index (χ4v) is 4.67. The van der Waals surface area contributed by atoms with Crippen LogP contribution in [0.15, 0.2) is 18.3 Å². The van der Waals surface area contributed by atoms with Crippen molar-refractivity contribution in [3.63, 3.8) is 0 Å². The number of morpholine rings is 1. The number of pyridine rings is 1. The van der Waals surface area contributed by atoms with Crippen LogP contribution >= 0.6 is 0 Å². The first-order chi connectivity index (χ1) is 12.3. The highest BCUT2D eigenvalue weighted by atomic mass is 16.5. The molecule has 136 valence electrons. The van der Waals surface area contributed by atoms with Crippen LogP contribution in [0.25, 0.3) is 0 Å². The monoisotopic (exact) mass is 344 g/mol. The second-order valence-electron chi connectivity index (χ2n) is 7.50. The zero-order valence-corrected chi connectivity index (χ0v) is 14.8. The third-order valence-electron chi connectivity index (χ3n) is 6.11. The van der Waals surface area contributed by atoms with Gasteiger partial charge in [-0.2, -0.15) is 0 Å². The maximum absolute atomic E-state index is 13.1. The Morgan fingerprint density at radius 2 is 2.28 bits per heavy atom. The van der Waals surface area contributed by atoms with E-state index in [4.69, 9.17) is 4.74 Å². The summed E-state index contributed by atoms with van der Waals surface area (Å²) in [4.78, 5) is 19.9. The largest absolute Gasteiger partial charge is 0.378 e. The maximum atomic E-state index is 13.1. The molecule has 2 atom stereocenters. The smallest absolute Gasteiger partial charge is 0.228 e. The predicted octanol–water partition coefficient (Wildman–Crippen LogP) is 1.31. The summed E-state index contributed by atoms with van der Waals surface area (Å²) in [6.45, 7) is 5.54. The Hall–Kier alpha value is -1.66. The van der Waals surface area contributed by atoms with Crippen LogP contribution in [0.3, 0.4) is 0 Å². The summed E-state index contributed by atoms with van der Waals surface area (Å²) in [6, 6.07) is 4.02. The van der Waals surface area contributed by atoms with E-state index in [0.29, 0.717) is 12.5 Å². The molecule has 6 heteroatoms. The zero-order chi connectivity index (χ0) is 17.1. The molecule has 0 radical (unpaired) electrons. The fraction of sp³-hybridized carbons (Fsp3) is 0.684. The number of aromatic nitrogens is 1. The number of ether oxygens (including phenoxy) is 1. The van der Waals surface area contributed by atoms with Gasteiger partial charge in [-0.15, -0.1) is 0 Å². The van der Waals surface area contributed by atoms with Gasteiger partial charge in [0, 0.05) is 37.9 Å². The van der Waals surface area contributed by atoms with Crippen LogP contribution in [0.4, 0.5) is 5.82 Å². The van der Waals surface area contributed by atoms with Crippen molar-refractivity contribution >= 4 is 11.7 Å². The topological polar surface area (TPSA) is 66.5 Å². The SMILES string of the molecule is O=C(NCc1cccnc1N1CCOCC1)[C@@]12CCCC[C@H]1CNC2. The van der Waals surface area contributed by atoms with Gasteiger partial charge < -0.3 is 20.3 Å². The number of rotatable bonds is 4. The Morgan fingerprint density at radius 1 is 1.40 bits per heavy atom. The molecular weight excluding hydrogens is 316 g/mol. The van der Waals surface area contributed by atoms with Crippen molar-refractivity contribution in [3.05, 3.63) is 23.9 Å². The van der Waals surface area contributed by atoms with Crippen LogP contribution in [0.5, 0.6) is 0 Å². The van der Waals surface area contributed by atoms with E-state index < -0.39 is 0 Å². The molecule has 0 unspecified atom stereocenters. The number of carbonyl (C=O) groups is 1. The van der Waals surface area contributed by atoms with Gasteiger partial charge in [0.1, 0.15) is 5.82 Å². The lowest BCUT2D eigenvalue weighted by Crippen LogP contribution is -2.47. The molecule has 2 aliphatic heterocycles. The number of carbonyl (C=O) groups excluding carboxylic acids is 1. The standard InChI is InChI=1S/C19H28N4O2/c24-18(19-6-2-1-5-16(19)13-20-14-19)22-12-15-4-3-7-21-17(15)23-8-10-25-11-9-23/h3-4,7,16,20H,1-2,5-6,8-14H2,(H,22,24)/t16-,19+/m0/s1. The highest BCUT2D eigenvalue weighted by Crippen LogP contribution is 2.43. The molecule has 1 aromatic heterocycles. The number of anilines is 1. The number of hydrogen-bond donors (Lipinski definition) is 2. The van der Waals surface area contributed by atoms with E-state index in [0.717, 1.165) is 63.6 Å². The molecular formula is C19H28N4O2. The molecule has 0 spiro atoms. The summed E-state index contributed by atoms with van der Waals surface area (Å²) in [6.07, 6.45) is 6.43. The van der Waals surface area contributed by atoms with Crippen LogP contribution in [0.1, 0.15) is 31.2 Å². The van der Waals surface area contributed by atoms with Crippen LogP contribution < -0.4 is 15.5 Å². The summed E-state index contributed by atoms with van der Waals surface area (Å²) in [7, 11) is 0. The van der Waals surface area contributed by atoms with Gasteiger partial charge in [0.2, 0.25) is 5.91 Å². The van der Waals surface area contributed by atoms with Gasteiger partial charge in [-0.25, -0.2) is 4.98 Å². The van der Waals surface area contributed by atoms with Crippen molar-refractivity contribution in [3.8, 4) is 0 Å². The van der Waals surface area contributed by atoms with E-state index in [-0.39, 0.29) is 11.3 Å². The molecule has 3 heterocycles. The fourth-order valence-electron chi connectivity index (χ4n) is 4.67. The summed E-state index contributed by atoms with van der Waals surface area (Å²) in [5, 5.41) is 6.69. The van der Waals surface area contributed by atoms with E-state index in [2.05, 4.69) is 26.6 Å². The Labute approximate surface area is 149 Å². The van der Waals surface area contributed by atoms with Crippen LogP contribution in [0, 0.1) is 11.3 Å². The molecule has 3 aliphatic rings. The first-order valence-corrected chi connectivity index (χ1v) is 9.55. The molecule has 25 heavy (non-hydrogen) atoms. The van der Waals surface area contributed by atoms with Gasteiger partial charge in [0.05, 0.1) is 18.6 Å². The Bertz CT molecular complexity index is 617. The number of nitrogens with zero attached hydrogens (tertiary/aromatic N) is 2. The predicted molar refractivity (Wildman–Crippen MR) is 96.4 cm³/mol. The zero-order valence-electron chi connectivity index (χ0n) is 14.8. The minimum atomic E-state index is -0.195. The molecule has 2 saturated heterocycles. The summed E-state index contributed by atoms with van der Waals surface area (Å²) >= 11 is 0. The van der Waals surface area contributed by atoms with Crippen molar-refractivity contribution in [2.24, 2.45) is 11.3 Å². The van der Waals surface area contributed by atoms with Crippen molar-refractivity contribution in [1.29, 1.82) is 0 Å². The van der Waals surface area contributed by atoms with Crippen molar-refractivity contribution < 1.29 is 9.53 Å². The minimum absolute atomic E-state index is 0.195. The maximum Gasteiger partial charge on any atom is 0.228 e. The van der Waals surface area contributed by atoms with Crippen molar-refractivity contribution in [1.82, 2.24) is 15.6 Å². The van der Waals surface area contributed by atoms with E-state index in [9.17, 15) is 4.79 Å². The van der Waals surface area contributed by atoms with Crippen LogP contribution in [-0.4, -0.2) is 50.3 Å². The molecule has 4 rings (SSSR count). The van der Waals surface area contributed by atoms with E-state index >= 15 is 0 Å². The Balaban J connectivity index is 1.45. The number of hydrogen-bond acceptors (Lipinski definition) is 5. The summed E-state index contributed by atoms with van der Waals surface area (Å²) in [5.41, 5.74) is 0.895. The minimum Gasteiger partial charge on any atom is -0.378 e. The average Bonchev–Trinajstić information content (AvgIpc) is 3.12. The number of fused-ring (bicyclic) bond motifs is 1. The highest BCUT2D eigenvalue weighted by Gasteiger charge is 2.49. The van der Waals surface area contributed by atoms with E-state index in [1.165, 1.54) is 12.8 Å². The Morgan fingerprint density at radius 3 is 3.16 bits per heavy atom. The van der Waals surface area contributed by atoms with Gasteiger partial charge in [-0.05, 0) is 31.4 Å². The summed E-state index contributed by atoms with van der Waals surface area (Å²) in [5.74, 6) is 1.70. The van der Waals surface area contributed by atoms with Gasteiger partial charge in [-0.3, -0.25) is 4.79 Å². The third-order valence-corrected chi connectivity index (χ3v) is 6.11. The normalized spacial score (nSPS) is 29.3. The molecule has 1 aliphatic carbocycles. The lowest BCUT2D eigenvalue weighted by atomic mass is 9.67. The molecule has 1 saturated carbocycles. The first-order valence-electron chi connectivity index (χ1n) is 9.55. The lowest BCUT2D eigenvalue weighted by Gasteiger charge is -2.37. The molecule has 6 nitrogen and oxygen atoms in total.